The Morgan fingerprint density at radius 3 is 1.23 bits per heavy atom. The lowest BCUT2D eigenvalue weighted by atomic mass is 9.21. The van der Waals surface area contributed by atoms with E-state index in [1.54, 1.807) is 7.28 Å². The maximum atomic E-state index is 8.97. The molecule has 0 aliphatic rings. The Hall–Kier alpha value is 0.0794. The van der Waals surface area contributed by atoms with Crippen LogP contribution in [0, 0.1) is 0 Å². The number of rotatable bonds is 8. The first-order chi connectivity index (χ1) is 12.6. The molecular weight excluding hydrogens is 310 g/mol. The minimum atomic E-state index is -0.452. The molecule has 0 rings (SSSR count). The van der Waals surface area contributed by atoms with Gasteiger partial charge in [0.25, 0.3) is 0 Å². The second kappa shape index (κ2) is 44.5. The summed E-state index contributed by atoms with van der Waals surface area (Å²) in [5, 5.41) is 19.5. The number of nitrogens with zero attached hydrogens (tertiary/aromatic N) is 1. The Morgan fingerprint density at radius 1 is 0.808 bits per heavy atom. The van der Waals surface area contributed by atoms with Gasteiger partial charge in [0.05, 0.1) is 67.8 Å². The van der Waals surface area contributed by atoms with Crippen LogP contribution in [0.3, 0.4) is 0 Å². The van der Waals surface area contributed by atoms with Crippen molar-refractivity contribution in [3.05, 3.63) is 0 Å². The molecule has 0 spiro atoms. The molecule has 2 N–H and O–H groups in total. The van der Waals surface area contributed by atoms with Crippen LogP contribution in [0.4, 0.5) is 0 Å². The van der Waals surface area contributed by atoms with Crippen molar-refractivity contribution in [1.29, 1.82) is 0 Å². The van der Waals surface area contributed by atoms with Gasteiger partial charge < -0.3 is 10.3 Å². The molecule has 0 unspecified atom stereocenters. The zero-order valence-electron chi connectivity index (χ0n) is 18.5. The van der Waals surface area contributed by atoms with E-state index < -0.39 is 5.11 Å². The standard InChI is InChI=1S/C5H11B3NO2.C4H10B3.4CH3B/c1-6-5(3-10,7-2)8-4-9-11;1-5-4(6-2)7-3;4*1-2/h4,10-11H,3H2,1-2H3;4H,1-3H3;4*1H3/b9-4-;;;;;. The summed E-state index contributed by atoms with van der Waals surface area (Å²) in [6.07, 6.45) is 1.26. The van der Waals surface area contributed by atoms with E-state index in [1.165, 1.54) is 33.4 Å². The third-order valence-electron chi connectivity index (χ3n) is 2.95. The third kappa shape index (κ3) is 31.8. The van der Waals surface area contributed by atoms with E-state index in [0.29, 0.717) is 5.62 Å². The van der Waals surface area contributed by atoms with E-state index >= 15 is 0 Å². The van der Waals surface area contributed by atoms with E-state index in [4.69, 9.17) is 10.3 Å². The van der Waals surface area contributed by atoms with Crippen LogP contribution in [0.25, 0.3) is 0 Å². The Labute approximate surface area is 175 Å². The lowest BCUT2D eigenvalue weighted by molar-refractivity contribution is 0.298. The first-order valence-electron chi connectivity index (χ1n) is 8.52. The first kappa shape index (κ1) is 40.7. The molecule has 0 saturated carbocycles. The molecule has 0 heterocycles. The second-order valence-electron chi connectivity index (χ2n) is 3.86. The van der Waals surface area contributed by atoms with E-state index in [0.717, 1.165) is 0 Å². The van der Waals surface area contributed by atoms with E-state index in [-0.39, 0.29) is 6.61 Å². The fourth-order valence-corrected chi connectivity index (χ4v) is 1.34. The van der Waals surface area contributed by atoms with Crippen molar-refractivity contribution >= 4 is 81.2 Å². The quantitative estimate of drug-likeness (QED) is 0.303. The van der Waals surface area contributed by atoms with E-state index in [1.807, 2.05) is 28.2 Å². The van der Waals surface area contributed by atoms with Crippen LogP contribution < -0.4 is 0 Å². The normalized spacial score (nSPS) is 7.96. The van der Waals surface area contributed by atoms with Crippen molar-refractivity contribution in [2.45, 2.75) is 72.1 Å². The predicted octanol–water partition coefficient (Wildman–Crippen LogP) is 1.44. The van der Waals surface area contributed by atoms with Crippen LogP contribution in [0.2, 0.25) is 72.1 Å². The molecular formula is C13H33B10NO2. The zero-order chi connectivity index (χ0) is 22.4. The van der Waals surface area contributed by atoms with Crippen LogP contribution in [-0.2, 0) is 0 Å². The van der Waals surface area contributed by atoms with Crippen LogP contribution >= 0.6 is 0 Å². The van der Waals surface area contributed by atoms with Gasteiger partial charge in [0.15, 0.2) is 7.28 Å². The zero-order valence-corrected chi connectivity index (χ0v) is 18.5. The van der Waals surface area contributed by atoms with Gasteiger partial charge >= 0.3 is 0 Å². The topological polar surface area (TPSA) is 52.8 Å². The van der Waals surface area contributed by atoms with Gasteiger partial charge in [-0.1, -0.05) is 66.5 Å². The fraction of sp³-hybridized carbons (Fsp3) is 0.923. The fourth-order valence-electron chi connectivity index (χ4n) is 1.34. The van der Waals surface area contributed by atoms with Gasteiger partial charge in [-0.2, -0.15) is 0 Å². The molecule has 0 aromatic heterocycles. The van der Waals surface area contributed by atoms with Crippen LogP contribution in [-0.4, -0.2) is 98.1 Å². The highest BCUT2D eigenvalue weighted by molar-refractivity contribution is 6.90. The van der Waals surface area contributed by atoms with Crippen molar-refractivity contribution in [1.82, 2.24) is 0 Å². The molecule has 26 heavy (non-hydrogen) atoms. The molecule has 0 aromatic rings. The summed E-state index contributed by atoms with van der Waals surface area (Å²) in [6, 6.07) is 0. The molecule has 0 aromatic carbocycles. The summed E-state index contributed by atoms with van der Waals surface area (Å²) < 4.78 is 0. The van der Waals surface area contributed by atoms with Crippen molar-refractivity contribution in [3.8, 4) is 0 Å². The SMILES string of the molecule is C[B]C([B]C)([B]/C=N\O)CO.C[B]C([B]C)[B]C.[B]C.[B]C.[B]C.[B]C. The molecule has 0 atom stereocenters. The third-order valence-corrected chi connectivity index (χ3v) is 2.95. The Balaban J connectivity index is -0.0000000575. The average molecular weight is 344 g/mol. The van der Waals surface area contributed by atoms with Gasteiger partial charge in [-0.3, -0.25) is 0 Å². The monoisotopic (exact) mass is 345 g/mol. The minimum absolute atomic E-state index is 0.00792. The highest BCUT2D eigenvalue weighted by Gasteiger charge is 2.25. The molecule has 3 nitrogen and oxygen atoms in total. The van der Waals surface area contributed by atoms with Crippen LogP contribution in [0.5, 0.6) is 0 Å². The number of aliphatic hydroxyl groups is 1. The molecule has 132 valence electrons. The molecule has 0 aliphatic heterocycles. The molecule has 13 heteroatoms. The molecule has 0 saturated heterocycles. The van der Waals surface area contributed by atoms with Crippen molar-refractivity contribution in [2.24, 2.45) is 5.16 Å². The molecule has 0 aliphatic carbocycles. The van der Waals surface area contributed by atoms with Gasteiger partial charge in [-0.25, -0.2) is 0 Å². The highest BCUT2D eigenvalue weighted by atomic mass is 16.4. The molecule has 0 fully saturated rings. The number of oxime groups is 1. The predicted molar refractivity (Wildman–Crippen MR) is 134 cm³/mol. The summed E-state index contributed by atoms with van der Waals surface area (Å²) in [5.74, 6) is 0. The average Bonchev–Trinajstić information content (AvgIpc) is 2.77. The minimum Gasteiger partial charge on any atom is -0.412 e. The Morgan fingerprint density at radius 2 is 1.12 bits per heavy atom. The summed E-state index contributed by atoms with van der Waals surface area (Å²) >= 11 is 0. The maximum Gasteiger partial charge on any atom is 0.164 e. The highest BCUT2D eigenvalue weighted by Crippen LogP contribution is 2.18. The maximum absolute atomic E-state index is 8.97. The Bertz CT molecular complexity index is 196. The summed E-state index contributed by atoms with van der Waals surface area (Å²) in [4.78, 5) is 0. The summed E-state index contributed by atoms with van der Waals surface area (Å²) in [5.41, 5.74) is 0.611. The first-order valence-corrected chi connectivity index (χ1v) is 8.52. The molecule has 0 bridgehead atoms. The number of aliphatic hydroxyl groups excluding tert-OH is 1. The van der Waals surface area contributed by atoms with Gasteiger partial charge in [0.2, 0.25) is 0 Å². The number of hydrogen-bond acceptors (Lipinski definition) is 3. The van der Waals surface area contributed by atoms with Crippen molar-refractivity contribution in [2.75, 3.05) is 6.61 Å². The van der Waals surface area contributed by atoms with Crippen LogP contribution in [0.15, 0.2) is 5.16 Å². The van der Waals surface area contributed by atoms with Crippen molar-refractivity contribution < 1.29 is 10.3 Å². The summed E-state index contributed by atoms with van der Waals surface area (Å²) in [6.45, 7) is 15.9. The number of hydrogen-bond donors (Lipinski definition) is 2. The van der Waals surface area contributed by atoms with Gasteiger partial charge in [-0.15, -0.1) is 10.8 Å². The molecule has 0 amide bonds. The van der Waals surface area contributed by atoms with E-state index in [9.17, 15) is 0 Å². The van der Waals surface area contributed by atoms with Gasteiger partial charge in [-0.05, 0) is 6.11 Å². The van der Waals surface area contributed by atoms with Gasteiger partial charge in [0.1, 0.15) is 0 Å². The Kier molecular flexibility index (Phi) is 69.6. The lowest BCUT2D eigenvalue weighted by Crippen LogP contribution is -2.35. The van der Waals surface area contributed by atoms with Crippen molar-refractivity contribution in [3.63, 3.8) is 0 Å². The van der Waals surface area contributed by atoms with Crippen LogP contribution in [0.1, 0.15) is 0 Å². The second-order valence-corrected chi connectivity index (χ2v) is 3.86. The van der Waals surface area contributed by atoms with Gasteiger partial charge in [0, 0.05) is 6.61 Å². The largest absolute Gasteiger partial charge is 0.412 e. The lowest BCUT2D eigenvalue weighted by Gasteiger charge is -2.25. The molecule has 14 radical (unpaired) electrons. The van der Waals surface area contributed by atoms with E-state index in [2.05, 4.69) is 78.8 Å². The summed E-state index contributed by atoms with van der Waals surface area (Å²) in [7, 11) is 29.8. The smallest absolute Gasteiger partial charge is 0.164 e.